The lowest BCUT2D eigenvalue weighted by Gasteiger charge is -2.15. The van der Waals surface area contributed by atoms with Gasteiger partial charge in [-0.3, -0.25) is 4.79 Å². The first-order valence-electron chi connectivity index (χ1n) is 8.00. The van der Waals surface area contributed by atoms with Crippen LogP contribution in [0.5, 0.6) is 0 Å². The minimum absolute atomic E-state index is 0.140. The SMILES string of the molecule is CNS(=O)(=O)NC1CCc2c(C(=O)Nc3ccc(F)c(Cl)c3)ccc(F)c21. The standard InChI is InChI=1S/C17H16ClF2N3O3S/c1-21-27(25,26)23-15-7-4-10-11(3-6-14(20)16(10)15)17(24)22-9-2-5-13(19)12(18)8-9/h2-3,5-6,8,15,21,23H,4,7H2,1H3,(H,22,24). The lowest BCUT2D eigenvalue weighted by Crippen LogP contribution is -2.36. The van der Waals surface area contributed by atoms with Crippen molar-refractivity contribution in [3.05, 3.63) is 63.7 Å². The van der Waals surface area contributed by atoms with Gasteiger partial charge in [0.25, 0.3) is 16.1 Å². The molecule has 1 atom stereocenters. The Balaban J connectivity index is 1.91. The van der Waals surface area contributed by atoms with Crippen LogP contribution in [0.4, 0.5) is 14.5 Å². The molecule has 144 valence electrons. The summed E-state index contributed by atoms with van der Waals surface area (Å²) in [5.74, 6) is -1.73. The highest BCUT2D eigenvalue weighted by Gasteiger charge is 2.32. The fourth-order valence-corrected chi connectivity index (χ4v) is 3.97. The first kappa shape index (κ1) is 19.7. The second kappa shape index (κ2) is 7.51. The highest BCUT2D eigenvalue weighted by Crippen LogP contribution is 2.36. The van der Waals surface area contributed by atoms with Crippen LogP contribution in [0.1, 0.15) is 33.9 Å². The molecule has 0 saturated heterocycles. The van der Waals surface area contributed by atoms with Gasteiger partial charge in [0.1, 0.15) is 11.6 Å². The molecule has 1 aliphatic carbocycles. The number of anilines is 1. The average Bonchev–Trinajstić information content (AvgIpc) is 3.02. The first-order chi connectivity index (χ1) is 12.7. The maximum atomic E-state index is 14.3. The minimum atomic E-state index is -3.77. The Morgan fingerprint density at radius 1 is 1.19 bits per heavy atom. The summed E-state index contributed by atoms with van der Waals surface area (Å²) in [5, 5.41) is 2.45. The van der Waals surface area contributed by atoms with Gasteiger partial charge in [0.2, 0.25) is 0 Å². The molecule has 2 aromatic rings. The van der Waals surface area contributed by atoms with Crippen LogP contribution in [0.2, 0.25) is 5.02 Å². The fourth-order valence-electron chi connectivity index (χ4n) is 3.06. The fraction of sp³-hybridized carbons (Fsp3) is 0.235. The van der Waals surface area contributed by atoms with E-state index >= 15 is 0 Å². The predicted octanol–water partition coefficient (Wildman–Crippen LogP) is 2.91. The molecule has 1 unspecified atom stereocenters. The van der Waals surface area contributed by atoms with Crippen molar-refractivity contribution in [1.82, 2.24) is 9.44 Å². The van der Waals surface area contributed by atoms with Crippen LogP contribution in [-0.4, -0.2) is 21.4 Å². The highest BCUT2D eigenvalue weighted by atomic mass is 35.5. The first-order valence-corrected chi connectivity index (χ1v) is 9.86. The highest BCUT2D eigenvalue weighted by molar-refractivity contribution is 7.87. The molecule has 3 N–H and O–H groups in total. The molecule has 27 heavy (non-hydrogen) atoms. The number of carbonyl (C=O) groups excluding carboxylic acids is 1. The van der Waals surface area contributed by atoms with Crippen molar-refractivity contribution in [3.63, 3.8) is 0 Å². The second-order valence-corrected chi connectivity index (χ2v) is 8.04. The third kappa shape index (κ3) is 4.11. The number of carbonyl (C=O) groups is 1. The Kier molecular flexibility index (Phi) is 5.48. The second-order valence-electron chi connectivity index (χ2n) is 5.99. The third-order valence-electron chi connectivity index (χ3n) is 4.32. The molecule has 3 rings (SSSR count). The van der Waals surface area contributed by atoms with E-state index in [2.05, 4.69) is 14.8 Å². The predicted molar refractivity (Wildman–Crippen MR) is 97.9 cm³/mol. The van der Waals surface area contributed by atoms with Gasteiger partial charge in [0, 0.05) is 23.9 Å². The van der Waals surface area contributed by atoms with Crippen LogP contribution < -0.4 is 14.8 Å². The third-order valence-corrected chi connectivity index (χ3v) is 5.75. The van der Waals surface area contributed by atoms with Crippen LogP contribution in [0.25, 0.3) is 0 Å². The van der Waals surface area contributed by atoms with Crippen LogP contribution in [-0.2, 0) is 16.6 Å². The Morgan fingerprint density at radius 3 is 2.56 bits per heavy atom. The zero-order chi connectivity index (χ0) is 19.8. The van der Waals surface area contributed by atoms with Gasteiger partial charge in [-0.05, 0) is 48.7 Å². The van der Waals surface area contributed by atoms with Gasteiger partial charge in [0.05, 0.1) is 11.1 Å². The van der Waals surface area contributed by atoms with Crippen LogP contribution in [0.3, 0.4) is 0 Å². The van der Waals surface area contributed by atoms with Crippen molar-refractivity contribution >= 4 is 33.4 Å². The van der Waals surface area contributed by atoms with Crippen LogP contribution >= 0.6 is 11.6 Å². The van der Waals surface area contributed by atoms with Crippen molar-refractivity contribution in [3.8, 4) is 0 Å². The van der Waals surface area contributed by atoms with E-state index in [1.807, 2.05) is 0 Å². The summed E-state index contributed by atoms with van der Waals surface area (Å²) >= 11 is 5.71. The molecule has 10 heteroatoms. The van der Waals surface area contributed by atoms with E-state index in [9.17, 15) is 22.0 Å². The molecular formula is C17H16ClF2N3O3S. The molecule has 0 saturated carbocycles. The molecule has 0 bridgehead atoms. The molecule has 0 fully saturated rings. The lowest BCUT2D eigenvalue weighted by molar-refractivity contribution is 0.102. The largest absolute Gasteiger partial charge is 0.322 e. The van der Waals surface area contributed by atoms with Gasteiger partial charge >= 0.3 is 0 Å². The number of rotatable bonds is 5. The number of halogens is 3. The smallest absolute Gasteiger partial charge is 0.277 e. The molecular weight excluding hydrogens is 400 g/mol. The van der Waals surface area contributed by atoms with Gasteiger partial charge in [-0.15, -0.1) is 0 Å². The van der Waals surface area contributed by atoms with Crippen molar-refractivity contribution in [2.24, 2.45) is 0 Å². The van der Waals surface area contributed by atoms with Gasteiger partial charge in [-0.25, -0.2) is 13.5 Å². The zero-order valence-corrected chi connectivity index (χ0v) is 15.7. The quantitative estimate of drug-likeness (QED) is 0.701. The van der Waals surface area contributed by atoms with E-state index in [0.717, 1.165) is 12.1 Å². The summed E-state index contributed by atoms with van der Waals surface area (Å²) in [4.78, 5) is 12.6. The van der Waals surface area contributed by atoms with E-state index in [1.165, 1.54) is 25.2 Å². The number of amides is 1. The zero-order valence-electron chi connectivity index (χ0n) is 14.1. The van der Waals surface area contributed by atoms with E-state index < -0.39 is 33.8 Å². The number of fused-ring (bicyclic) bond motifs is 1. The van der Waals surface area contributed by atoms with Gasteiger partial charge in [-0.1, -0.05) is 11.6 Å². The molecule has 0 aromatic heterocycles. The van der Waals surface area contributed by atoms with E-state index in [0.29, 0.717) is 18.4 Å². The topological polar surface area (TPSA) is 87.3 Å². The van der Waals surface area contributed by atoms with Crippen molar-refractivity contribution < 1.29 is 22.0 Å². The molecule has 1 aliphatic rings. The average molecular weight is 416 g/mol. The number of hydrogen-bond acceptors (Lipinski definition) is 3. The Labute approximate surface area is 160 Å². The number of nitrogens with one attached hydrogen (secondary N) is 3. The summed E-state index contributed by atoms with van der Waals surface area (Å²) in [5.41, 5.74) is 1.09. The molecule has 2 aromatic carbocycles. The molecule has 0 radical (unpaired) electrons. The monoisotopic (exact) mass is 415 g/mol. The number of hydrogen-bond donors (Lipinski definition) is 3. The van der Waals surface area contributed by atoms with Crippen molar-refractivity contribution in [1.29, 1.82) is 0 Å². The van der Waals surface area contributed by atoms with Crippen molar-refractivity contribution in [2.75, 3.05) is 12.4 Å². The maximum Gasteiger partial charge on any atom is 0.277 e. The molecule has 6 nitrogen and oxygen atoms in total. The van der Waals surface area contributed by atoms with Gasteiger partial charge in [-0.2, -0.15) is 13.1 Å². The molecule has 0 heterocycles. The van der Waals surface area contributed by atoms with Gasteiger partial charge in [0.15, 0.2) is 0 Å². The lowest BCUT2D eigenvalue weighted by atomic mass is 10.0. The maximum absolute atomic E-state index is 14.3. The summed E-state index contributed by atoms with van der Waals surface area (Å²) < 4.78 is 55.5. The Hall–Kier alpha value is -2.07. The summed E-state index contributed by atoms with van der Waals surface area (Å²) in [6.45, 7) is 0. The molecule has 0 spiro atoms. The summed E-state index contributed by atoms with van der Waals surface area (Å²) in [7, 11) is -2.53. The summed E-state index contributed by atoms with van der Waals surface area (Å²) in [6.07, 6.45) is 0.650. The molecule has 1 amide bonds. The van der Waals surface area contributed by atoms with E-state index in [1.54, 1.807) is 0 Å². The van der Waals surface area contributed by atoms with Crippen molar-refractivity contribution in [2.45, 2.75) is 18.9 Å². The van der Waals surface area contributed by atoms with Gasteiger partial charge < -0.3 is 5.32 Å². The Morgan fingerprint density at radius 2 is 1.89 bits per heavy atom. The Bertz CT molecular complexity index is 1010. The van der Waals surface area contributed by atoms with Crippen LogP contribution in [0, 0.1) is 11.6 Å². The normalized spacial score (nSPS) is 16.2. The van der Waals surface area contributed by atoms with E-state index in [-0.39, 0.29) is 21.8 Å². The molecule has 0 aliphatic heterocycles. The van der Waals surface area contributed by atoms with E-state index in [4.69, 9.17) is 11.6 Å². The summed E-state index contributed by atoms with van der Waals surface area (Å²) in [6, 6.07) is 5.43. The van der Waals surface area contributed by atoms with Crippen LogP contribution in [0.15, 0.2) is 30.3 Å². The number of benzene rings is 2. The minimum Gasteiger partial charge on any atom is -0.322 e.